The summed E-state index contributed by atoms with van der Waals surface area (Å²) < 4.78 is 0. The fraction of sp³-hybridized carbons (Fsp3) is 1.00. The Bertz CT molecular complexity index is 206. The molecule has 0 amide bonds. The van der Waals surface area contributed by atoms with Crippen LogP contribution in [0, 0.1) is 5.41 Å². The van der Waals surface area contributed by atoms with Gasteiger partial charge in [-0.3, -0.25) is 4.90 Å². The van der Waals surface area contributed by atoms with Crippen LogP contribution in [0.15, 0.2) is 0 Å². The number of rotatable bonds is 4. The van der Waals surface area contributed by atoms with Crippen molar-refractivity contribution in [3.63, 3.8) is 0 Å². The number of aliphatic hydroxyl groups is 1. The van der Waals surface area contributed by atoms with Gasteiger partial charge in [-0.2, -0.15) is 0 Å². The molecule has 1 aliphatic rings. The van der Waals surface area contributed by atoms with Crippen LogP contribution in [0.1, 0.15) is 33.6 Å². The highest BCUT2D eigenvalue weighted by Gasteiger charge is 2.31. The van der Waals surface area contributed by atoms with Crippen LogP contribution in [0.5, 0.6) is 0 Å². The summed E-state index contributed by atoms with van der Waals surface area (Å²) in [6.45, 7) is 11.8. The Kier molecular flexibility index (Phi) is 5.22. The number of aliphatic hydroxyl groups excluding tert-OH is 1. The lowest BCUT2D eigenvalue weighted by atomic mass is 9.92. The zero-order valence-corrected chi connectivity index (χ0v) is 11.4. The zero-order chi connectivity index (χ0) is 12.2. The Morgan fingerprint density at radius 3 is 2.56 bits per heavy atom. The van der Waals surface area contributed by atoms with Gasteiger partial charge in [0.1, 0.15) is 0 Å². The molecule has 3 nitrogen and oxygen atoms in total. The molecule has 0 aliphatic carbocycles. The van der Waals surface area contributed by atoms with Crippen LogP contribution in [-0.4, -0.2) is 60.8 Å². The summed E-state index contributed by atoms with van der Waals surface area (Å²) in [5, 5.41) is 9.17. The minimum Gasteiger partial charge on any atom is -0.396 e. The summed E-state index contributed by atoms with van der Waals surface area (Å²) in [7, 11) is 2.20. The van der Waals surface area contributed by atoms with Crippen molar-refractivity contribution in [1.29, 1.82) is 0 Å². The Morgan fingerprint density at radius 2 is 2.00 bits per heavy atom. The molecule has 1 N–H and O–H groups in total. The van der Waals surface area contributed by atoms with Gasteiger partial charge in [0.05, 0.1) is 0 Å². The van der Waals surface area contributed by atoms with Gasteiger partial charge in [-0.05, 0) is 31.8 Å². The van der Waals surface area contributed by atoms with Gasteiger partial charge >= 0.3 is 0 Å². The Morgan fingerprint density at radius 1 is 1.31 bits per heavy atom. The minimum absolute atomic E-state index is 0.305. The minimum atomic E-state index is 0.305. The molecule has 1 aliphatic heterocycles. The first-order valence-electron chi connectivity index (χ1n) is 6.52. The third kappa shape index (κ3) is 4.04. The van der Waals surface area contributed by atoms with E-state index in [4.69, 9.17) is 5.11 Å². The van der Waals surface area contributed by atoms with Gasteiger partial charge < -0.3 is 10.0 Å². The van der Waals surface area contributed by atoms with E-state index in [0.29, 0.717) is 18.1 Å². The van der Waals surface area contributed by atoms with Crippen LogP contribution in [-0.2, 0) is 0 Å². The molecule has 1 fully saturated rings. The first-order valence-corrected chi connectivity index (χ1v) is 6.52. The number of nitrogens with zero attached hydrogens (tertiary/aromatic N) is 2. The predicted octanol–water partition coefficient (Wildman–Crippen LogP) is 1.42. The molecule has 0 aromatic carbocycles. The lowest BCUT2D eigenvalue weighted by Crippen LogP contribution is -2.42. The van der Waals surface area contributed by atoms with Crippen molar-refractivity contribution in [2.45, 2.75) is 39.7 Å². The van der Waals surface area contributed by atoms with Gasteiger partial charge in [0.25, 0.3) is 0 Å². The van der Waals surface area contributed by atoms with Gasteiger partial charge in [-0.1, -0.05) is 20.8 Å². The molecule has 1 rings (SSSR count). The third-order valence-corrected chi connectivity index (χ3v) is 3.34. The van der Waals surface area contributed by atoms with E-state index in [1.165, 1.54) is 6.42 Å². The lowest BCUT2D eigenvalue weighted by molar-refractivity contribution is 0.132. The average molecular weight is 228 g/mol. The number of hydrogen-bond donors (Lipinski definition) is 1. The molecule has 1 unspecified atom stereocenters. The Labute approximate surface area is 100 Å². The van der Waals surface area contributed by atoms with Crippen molar-refractivity contribution >= 4 is 0 Å². The molecule has 3 heteroatoms. The van der Waals surface area contributed by atoms with Crippen LogP contribution in [0.3, 0.4) is 0 Å². The topological polar surface area (TPSA) is 26.7 Å². The van der Waals surface area contributed by atoms with Gasteiger partial charge in [-0.25, -0.2) is 0 Å². The molecule has 0 aromatic heterocycles. The molecule has 0 aromatic rings. The fourth-order valence-electron chi connectivity index (χ4n) is 2.97. The summed E-state index contributed by atoms with van der Waals surface area (Å²) >= 11 is 0. The van der Waals surface area contributed by atoms with Crippen LogP contribution in [0.4, 0.5) is 0 Å². The molecule has 0 spiro atoms. The molecule has 1 heterocycles. The summed E-state index contributed by atoms with van der Waals surface area (Å²) in [5.74, 6) is 0. The quantitative estimate of drug-likeness (QED) is 0.788. The van der Waals surface area contributed by atoms with E-state index in [2.05, 4.69) is 37.6 Å². The Hall–Kier alpha value is -0.120. The van der Waals surface area contributed by atoms with E-state index in [0.717, 1.165) is 32.6 Å². The summed E-state index contributed by atoms with van der Waals surface area (Å²) in [6.07, 6.45) is 2.10. The summed E-state index contributed by atoms with van der Waals surface area (Å²) in [6, 6.07) is 0.525. The van der Waals surface area contributed by atoms with E-state index in [1.807, 2.05) is 0 Å². The molecule has 1 atom stereocenters. The molecular formula is C13H28N2O. The number of likely N-dealkylation sites (N-methyl/N-ethyl adjacent to an activating group) is 1. The molecule has 0 bridgehead atoms. The SMILES string of the molecule is CCCN1CC(C)(C)CN(C)CC1CCO. The van der Waals surface area contributed by atoms with Crippen molar-refractivity contribution in [3.8, 4) is 0 Å². The molecule has 0 saturated carbocycles. The van der Waals surface area contributed by atoms with Crippen LogP contribution >= 0.6 is 0 Å². The maximum atomic E-state index is 9.17. The third-order valence-electron chi connectivity index (χ3n) is 3.34. The predicted molar refractivity (Wildman–Crippen MR) is 68.6 cm³/mol. The largest absolute Gasteiger partial charge is 0.396 e. The van der Waals surface area contributed by atoms with Crippen LogP contribution in [0.25, 0.3) is 0 Å². The molecular weight excluding hydrogens is 200 g/mol. The van der Waals surface area contributed by atoms with E-state index in [9.17, 15) is 0 Å². The second-order valence-corrected chi connectivity index (χ2v) is 6.00. The van der Waals surface area contributed by atoms with Gasteiger partial charge in [0, 0.05) is 32.3 Å². The monoisotopic (exact) mass is 228 g/mol. The molecule has 96 valence electrons. The van der Waals surface area contributed by atoms with Crippen molar-refractivity contribution in [3.05, 3.63) is 0 Å². The molecule has 0 radical (unpaired) electrons. The van der Waals surface area contributed by atoms with Gasteiger partial charge in [-0.15, -0.1) is 0 Å². The molecule has 16 heavy (non-hydrogen) atoms. The Balaban J connectivity index is 2.72. The maximum absolute atomic E-state index is 9.17. The maximum Gasteiger partial charge on any atom is 0.0446 e. The fourth-order valence-corrected chi connectivity index (χ4v) is 2.97. The highest BCUT2D eigenvalue weighted by Crippen LogP contribution is 2.24. The summed E-state index contributed by atoms with van der Waals surface area (Å²) in [4.78, 5) is 4.98. The first-order chi connectivity index (χ1) is 7.48. The van der Waals surface area contributed by atoms with E-state index >= 15 is 0 Å². The highest BCUT2D eigenvalue weighted by atomic mass is 16.3. The second-order valence-electron chi connectivity index (χ2n) is 6.00. The van der Waals surface area contributed by atoms with E-state index < -0.39 is 0 Å². The second kappa shape index (κ2) is 5.99. The van der Waals surface area contributed by atoms with E-state index in [-0.39, 0.29) is 0 Å². The molecule has 1 saturated heterocycles. The van der Waals surface area contributed by atoms with Crippen molar-refractivity contribution in [1.82, 2.24) is 9.80 Å². The van der Waals surface area contributed by atoms with Gasteiger partial charge in [0.2, 0.25) is 0 Å². The zero-order valence-electron chi connectivity index (χ0n) is 11.4. The number of hydrogen-bond acceptors (Lipinski definition) is 3. The summed E-state index contributed by atoms with van der Waals surface area (Å²) in [5.41, 5.74) is 0.355. The highest BCUT2D eigenvalue weighted by molar-refractivity contribution is 4.86. The first kappa shape index (κ1) is 13.9. The van der Waals surface area contributed by atoms with Crippen LogP contribution in [0.2, 0.25) is 0 Å². The average Bonchev–Trinajstić information content (AvgIpc) is 2.24. The standard InChI is InChI=1S/C13H28N2O/c1-5-7-15-11-13(2,3)10-14(4)9-12(15)6-8-16/h12,16H,5-11H2,1-4H3. The van der Waals surface area contributed by atoms with Crippen molar-refractivity contribution in [2.75, 3.05) is 39.8 Å². The van der Waals surface area contributed by atoms with Crippen LogP contribution < -0.4 is 0 Å². The van der Waals surface area contributed by atoms with E-state index in [1.54, 1.807) is 0 Å². The van der Waals surface area contributed by atoms with Crippen molar-refractivity contribution in [2.24, 2.45) is 5.41 Å². The normalized spacial score (nSPS) is 27.9. The lowest BCUT2D eigenvalue weighted by Gasteiger charge is -2.33. The smallest absolute Gasteiger partial charge is 0.0446 e. The van der Waals surface area contributed by atoms with Gasteiger partial charge in [0.15, 0.2) is 0 Å². The van der Waals surface area contributed by atoms with Crippen molar-refractivity contribution < 1.29 is 5.11 Å².